The third-order valence-corrected chi connectivity index (χ3v) is 3.36. The number of methoxy groups -OCH3 is 1. The molecule has 0 aliphatic rings. The van der Waals surface area contributed by atoms with E-state index in [0.717, 1.165) is 4.68 Å². The van der Waals surface area contributed by atoms with Crippen LogP contribution in [0.1, 0.15) is 0 Å². The van der Waals surface area contributed by atoms with Crippen LogP contribution >= 0.6 is 15.9 Å². The van der Waals surface area contributed by atoms with Crippen LogP contribution in [0.2, 0.25) is 0 Å². The summed E-state index contributed by atoms with van der Waals surface area (Å²) < 4.78 is 17.0. The summed E-state index contributed by atoms with van der Waals surface area (Å²) in [7, 11) is 1.56. The zero-order valence-corrected chi connectivity index (χ0v) is 13.0. The Morgan fingerprint density at radius 2 is 2.00 bits per heavy atom. The van der Waals surface area contributed by atoms with Gasteiger partial charge in [-0.25, -0.2) is 9.78 Å². The fourth-order valence-corrected chi connectivity index (χ4v) is 2.06. The van der Waals surface area contributed by atoms with Gasteiger partial charge in [-0.3, -0.25) is 0 Å². The Morgan fingerprint density at radius 3 is 2.68 bits per heavy atom. The molecule has 1 aromatic carbocycles. The molecular weight excluding hydrogens is 354 g/mol. The van der Waals surface area contributed by atoms with Crippen molar-refractivity contribution in [2.45, 2.75) is 0 Å². The van der Waals surface area contributed by atoms with Crippen molar-refractivity contribution >= 4 is 15.9 Å². The van der Waals surface area contributed by atoms with Gasteiger partial charge in [-0.2, -0.15) is 4.68 Å². The number of nitrogens with zero attached hydrogens (tertiary/aromatic N) is 3. The van der Waals surface area contributed by atoms with E-state index >= 15 is 0 Å². The average molecular weight is 364 g/mol. The second-order valence-corrected chi connectivity index (χ2v) is 4.89. The molecule has 22 heavy (non-hydrogen) atoms. The van der Waals surface area contributed by atoms with Gasteiger partial charge < -0.3 is 13.9 Å². The molecule has 0 spiro atoms. The molecule has 3 rings (SSSR count). The van der Waals surface area contributed by atoms with Crippen molar-refractivity contribution in [3.8, 4) is 23.3 Å². The van der Waals surface area contributed by atoms with E-state index in [1.54, 1.807) is 49.7 Å². The molecule has 0 saturated heterocycles. The van der Waals surface area contributed by atoms with Crippen molar-refractivity contribution in [3.05, 3.63) is 57.7 Å². The van der Waals surface area contributed by atoms with Gasteiger partial charge in [0.15, 0.2) is 5.75 Å². The highest BCUT2D eigenvalue weighted by Crippen LogP contribution is 2.25. The van der Waals surface area contributed by atoms with E-state index in [1.165, 1.54) is 0 Å². The predicted molar refractivity (Wildman–Crippen MR) is 80.7 cm³/mol. The zero-order valence-electron chi connectivity index (χ0n) is 11.4. The second-order valence-electron chi connectivity index (χ2n) is 4.14. The number of hydrogen-bond donors (Lipinski definition) is 0. The summed E-state index contributed by atoms with van der Waals surface area (Å²) in [6, 6.07) is 10.2. The van der Waals surface area contributed by atoms with Crippen LogP contribution in [0, 0.1) is 0 Å². The number of rotatable bonds is 4. The molecule has 0 bridgehead atoms. The maximum atomic E-state index is 11.9. The lowest BCUT2D eigenvalue weighted by Gasteiger charge is -2.02. The van der Waals surface area contributed by atoms with E-state index in [0.29, 0.717) is 21.8 Å². The smallest absolute Gasteiger partial charge is 0.444 e. The van der Waals surface area contributed by atoms with Crippen molar-refractivity contribution in [2.75, 3.05) is 7.11 Å². The molecule has 0 aliphatic carbocycles. The van der Waals surface area contributed by atoms with Gasteiger partial charge in [0.2, 0.25) is 0 Å². The number of halogens is 1. The van der Waals surface area contributed by atoms with Crippen molar-refractivity contribution in [3.63, 3.8) is 0 Å². The average Bonchev–Trinajstić information content (AvgIpc) is 2.90. The molecule has 0 fully saturated rings. The summed E-state index contributed by atoms with van der Waals surface area (Å²) in [5.41, 5.74) is 0.537. The minimum absolute atomic E-state index is 0.172. The zero-order chi connectivity index (χ0) is 15.5. The lowest BCUT2D eigenvalue weighted by Crippen LogP contribution is -2.13. The first-order chi connectivity index (χ1) is 10.7. The molecule has 7 nitrogen and oxygen atoms in total. The molecule has 0 N–H and O–H groups in total. The predicted octanol–water partition coefficient (Wildman–Crippen LogP) is 2.78. The lowest BCUT2D eigenvalue weighted by molar-refractivity contribution is 0.318. The van der Waals surface area contributed by atoms with Gasteiger partial charge in [-0.05, 0) is 52.3 Å². The number of ether oxygens (including phenoxy) is 2. The number of pyridine rings is 1. The van der Waals surface area contributed by atoms with Crippen molar-refractivity contribution < 1.29 is 13.9 Å². The molecule has 0 aliphatic heterocycles. The lowest BCUT2D eigenvalue weighted by atomic mass is 10.3. The summed E-state index contributed by atoms with van der Waals surface area (Å²) in [5, 5.41) is 4.00. The third-order valence-electron chi connectivity index (χ3n) is 2.77. The maximum absolute atomic E-state index is 11.9. The van der Waals surface area contributed by atoms with Crippen LogP contribution in [-0.4, -0.2) is 21.9 Å². The highest BCUT2D eigenvalue weighted by Gasteiger charge is 2.13. The molecule has 0 amide bonds. The van der Waals surface area contributed by atoms with E-state index in [2.05, 4.69) is 26.0 Å². The number of hydrogen-bond acceptors (Lipinski definition) is 6. The molecular formula is C14H10BrN3O4. The summed E-state index contributed by atoms with van der Waals surface area (Å²) in [4.78, 5) is 15.9. The van der Waals surface area contributed by atoms with Gasteiger partial charge in [0.25, 0.3) is 0 Å². The third kappa shape index (κ3) is 2.86. The molecule has 112 valence electrons. The normalized spacial score (nSPS) is 10.5. The van der Waals surface area contributed by atoms with Crippen LogP contribution in [0.25, 0.3) is 5.69 Å². The first kappa shape index (κ1) is 14.3. The highest BCUT2D eigenvalue weighted by molar-refractivity contribution is 9.10. The molecule has 3 aromatic rings. The van der Waals surface area contributed by atoms with E-state index in [4.69, 9.17) is 13.9 Å². The molecule has 0 radical (unpaired) electrons. The monoisotopic (exact) mass is 363 g/mol. The molecule has 0 atom stereocenters. The molecule has 0 unspecified atom stereocenters. The van der Waals surface area contributed by atoms with Crippen LogP contribution in [0.5, 0.6) is 17.6 Å². The van der Waals surface area contributed by atoms with Gasteiger partial charge in [0.1, 0.15) is 10.4 Å². The Hall–Kier alpha value is -2.61. The second kappa shape index (κ2) is 6.02. The molecule has 0 saturated carbocycles. The minimum Gasteiger partial charge on any atom is -0.497 e. The Balaban J connectivity index is 1.90. The quantitative estimate of drug-likeness (QED) is 0.663. The molecule has 2 aromatic heterocycles. The van der Waals surface area contributed by atoms with Crippen LogP contribution in [0.15, 0.2) is 56.4 Å². The molecule has 8 heteroatoms. The van der Waals surface area contributed by atoms with Crippen LogP contribution < -0.4 is 15.2 Å². The molecule has 2 heterocycles. The summed E-state index contributed by atoms with van der Waals surface area (Å²) >= 11 is 3.24. The Labute approximate surface area is 133 Å². The topological polar surface area (TPSA) is 79.4 Å². The first-order valence-corrected chi connectivity index (χ1v) is 6.99. The van der Waals surface area contributed by atoms with Gasteiger partial charge in [0, 0.05) is 6.20 Å². The van der Waals surface area contributed by atoms with Crippen LogP contribution in [-0.2, 0) is 0 Å². The summed E-state index contributed by atoms with van der Waals surface area (Å²) in [6.07, 6.45) is 1.43. The van der Waals surface area contributed by atoms with Crippen molar-refractivity contribution in [1.29, 1.82) is 0 Å². The van der Waals surface area contributed by atoms with Gasteiger partial charge >= 0.3 is 11.8 Å². The highest BCUT2D eigenvalue weighted by atomic mass is 79.9. The Kier molecular flexibility index (Phi) is 3.92. The maximum Gasteiger partial charge on any atom is 0.444 e. The minimum atomic E-state index is -0.653. The largest absolute Gasteiger partial charge is 0.497 e. The van der Waals surface area contributed by atoms with Crippen molar-refractivity contribution in [1.82, 2.24) is 14.8 Å². The van der Waals surface area contributed by atoms with Gasteiger partial charge in [0.05, 0.1) is 12.8 Å². The first-order valence-electron chi connectivity index (χ1n) is 6.20. The number of aromatic nitrogens is 3. The summed E-state index contributed by atoms with van der Waals surface area (Å²) in [6.45, 7) is 0. The van der Waals surface area contributed by atoms with Gasteiger partial charge in [-0.1, -0.05) is 5.10 Å². The Morgan fingerprint density at radius 1 is 1.23 bits per heavy atom. The fraction of sp³-hybridized carbons (Fsp3) is 0.0714. The van der Waals surface area contributed by atoms with E-state index in [1.807, 2.05) is 0 Å². The van der Waals surface area contributed by atoms with E-state index in [-0.39, 0.29) is 6.08 Å². The fourth-order valence-electron chi connectivity index (χ4n) is 1.73. The van der Waals surface area contributed by atoms with Crippen LogP contribution in [0.3, 0.4) is 0 Å². The SMILES string of the molecule is COc1ccc(-n2nc(Oc3cccnc3Br)oc2=O)cc1. The van der Waals surface area contributed by atoms with Crippen molar-refractivity contribution in [2.24, 2.45) is 0 Å². The standard InChI is InChI=1S/C14H10BrN3O4/c1-20-10-6-4-9(5-7-10)18-14(19)22-13(17-18)21-11-3-2-8-16-12(11)15/h2-8H,1H3. The Bertz CT molecular complexity index is 842. The van der Waals surface area contributed by atoms with Crippen LogP contribution in [0.4, 0.5) is 0 Å². The van der Waals surface area contributed by atoms with E-state index < -0.39 is 5.76 Å². The summed E-state index contributed by atoms with van der Waals surface area (Å²) in [5.74, 6) is 0.418. The number of benzene rings is 1. The van der Waals surface area contributed by atoms with E-state index in [9.17, 15) is 4.79 Å². The van der Waals surface area contributed by atoms with Gasteiger partial charge in [-0.15, -0.1) is 0 Å².